The number of hydrogen-bond donors (Lipinski definition) is 3. The van der Waals surface area contributed by atoms with Gasteiger partial charge in [0.05, 0.1) is 23.2 Å². The number of aliphatic carboxylic acids is 1. The summed E-state index contributed by atoms with van der Waals surface area (Å²) in [6, 6.07) is 6.51. The SMILES string of the molecule is CC1=NCC=C/C(=C/Cc2cc(C)cc(-c3cnc(C4(O)CCC(C(=O)O)C(C)(C)C4)s3)c2)N1. The van der Waals surface area contributed by atoms with Crippen LogP contribution in [0.15, 0.2) is 53.3 Å². The number of aryl methyl sites for hydroxylation is 1. The molecule has 4 rings (SSSR count). The molecule has 1 aliphatic heterocycles. The Morgan fingerprint density at radius 1 is 1.29 bits per heavy atom. The summed E-state index contributed by atoms with van der Waals surface area (Å²) in [6.45, 7) is 8.61. The van der Waals surface area contributed by atoms with Gasteiger partial charge in [0, 0.05) is 11.9 Å². The van der Waals surface area contributed by atoms with Crippen molar-refractivity contribution in [1.29, 1.82) is 0 Å². The van der Waals surface area contributed by atoms with E-state index in [1.54, 1.807) is 0 Å². The summed E-state index contributed by atoms with van der Waals surface area (Å²) in [6.07, 6.45) is 10.2. The van der Waals surface area contributed by atoms with Gasteiger partial charge in [-0.15, -0.1) is 11.3 Å². The number of allylic oxidation sites excluding steroid dienone is 2. The quantitative estimate of drug-likeness (QED) is 0.546. The topological polar surface area (TPSA) is 94.8 Å². The molecule has 2 aromatic rings. The molecule has 0 radical (unpaired) electrons. The summed E-state index contributed by atoms with van der Waals surface area (Å²) in [5, 5.41) is 25.0. The Labute approximate surface area is 205 Å². The number of aliphatic imine (C=N–C) groups is 1. The number of rotatable bonds is 5. The Morgan fingerprint density at radius 3 is 2.82 bits per heavy atom. The lowest BCUT2D eigenvalue weighted by Gasteiger charge is -2.44. The fourth-order valence-electron chi connectivity index (χ4n) is 5.13. The molecular weight excluding hydrogens is 446 g/mol. The van der Waals surface area contributed by atoms with E-state index in [-0.39, 0.29) is 0 Å². The van der Waals surface area contributed by atoms with Crippen molar-refractivity contribution in [3.63, 3.8) is 0 Å². The second-order valence-corrected chi connectivity index (χ2v) is 11.2. The van der Waals surface area contributed by atoms with Gasteiger partial charge in [0.2, 0.25) is 0 Å². The molecule has 2 aliphatic rings. The largest absolute Gasteiger partial charge is 0.481 e. The lowest BCUT2D eigenvalue weighted by Crippen LogP contribution is -2.44. The molecule has 2 heterocycles. The summed E-state index contributed by atoms with van der Waals surface area (Å²) >= 11 is 1.51. The van der Waals surface area contributed by atoms with E-state index >= 15 is 0 Å². The maximum atomic E-state index is 11.6. The molecule has 0 spiro atoms. The van der Waals surface area contributed by atoms with E-state index in [4.69, 9.17) is 0 Å². The zero-order chi connectivity index (χ0) is 24.5. The van der Waals surface area contributed by atoms with Gasteiger partial charge in [-0.1, -0.05) is 43.7 Å². The highest BCUT2D eigenvalue weighted by Crippen LogP contribution is 2.50. The molecule has 7 heteroatoms. The Hall–Kier alpha value is -2.77. The number of hydrogen-bond acceptors (Lipinski definition) is 6. The van der Waals surface area contributed by atoms with Crippen molar-refractivity contribution in [3.05, 3.63) is 64.5 Å². The summed E-state index contributed by atoms with van der Waals surface area (Å²) in [5.41, 5.74) is 2.91. The minimum atomic E-state index is -1.09. The van der Waals surface area contributed by atoms with Crippen LogP contribution in [0.5, 0.6) is 0 Å². The van der Waals surface area contributed by atoms with Crippen LogP contribution in [0, 0.1) is 18.3 Å². The summed E-state index contributed by atoms with van der Waals surface area (Å²) in [7, 11) is 0. The van der Waals surface area contributed by atoms with E-state index in [2.05, 4.69) is 52.6 Å². The highest BCUT2D eigenvalue weighted by molar-refractivity contribution is 7.15. The molecular formula is C27H33N3O3S. The van der Waals surface area contributed by atoms with Crippen LogP contribution >= 0.6 is 11.3 Å². The molecule has 1 fully saturated rings. The molecule has 2 unspecified atom stereocenters. The van der Waals surface area contributed by atoms with Crippen LogP contribution in [-0.4, -0.2) is 33.5 Å². The monoisotopic (exact) mass is 479 g/mol. The zero-order valence-corrected chi connectivity index (χ0v) is 21.1. The highest BCUT2D eigenvalue weighted by Gasteiger charge is 2.49. The molecule has 6 nitrogen and oxygen atoms in total. The number of carboxylic acids is 1. The van der Waals surface area contributed by atoms with Gasteiger partial charge in [-0.25, -0.2) is 4.98 Å². The van der Waals surface area contributed by atoms with E-state index in [1.807, 2.05) is 33.0 Å². The van der Waals surface area contributed by atoms with Gasteiger partial charge < -0.3 is 15.5 Å². The number of amidine groups is 1. The Morgan fingerprint density at radius 2 is 2.09 bits per heavy atom. The molecule has 0 bridgehead atoms. The van der Waals surface area contributed by atoms with E-state index in [9.17, 15) is 15.0 Å². The number of benzene rings is 1. The van der Waals surface area contributed by atoms with Crippen molar-refractivity contribution in [2.24, 2.45) is 16.3 Å². The first-order valence-corrected chi connectivity index (χ1v) is 12.5. The average molecular weight is 480 g/mol. The van der Waals surface area contributed by atoms with Gasteiger partial charge in [0.1, 0.15) is 10.6 Å². The second-order valence-electron chi connectivity index (χ2n) is 10.2. The molecule has 1 saturated carbocycles. The van der Waals surface area contributed by atoms with Gasteiger partial charge in [-0.05, 0) is 68.2 Å². The summed E-state index contributed by atoms with van der Waals surface area (Å²) in [4.78, 5) is 21.6. The number of nitrogens with zero attached hydrogens (tertiary/aromatic N) is 2. The molecule has 0 amide bonds. The number of thiazole rings is 1. The third-order valence-electron chi connectivity index (χ3n) is 6.78. The predicted octanol–water partition coefficient (Wildman–Crippen LogP) is 5.22. The van der Waals surface area contributed by atoms with Crippen LogP contribution in [0.2, 0.25) is 0 Å². The smallest absolute Gasteiger partial charge is 0.307 e. The standard InChI is InChI=1S/C27H33N3O3S/c1-17-12-19(7-8-21-6-5-11-28-18(2)30-21)14-20(13-17)23-15-29-25(34-23)27(33)10-9-22(24(31)32)26(3,4)16-27/h5-6,8,12-15,22,33H,7,9-11,16H2,1-4H3,(H,28,30)(H,31,32)/b21-8-. The van der Waals surface area contributed by atoms with Gasteiger partial charge in [0.15, 0.2) is 0 Å². The Bertz CT molecular complexity index is 1180. The first kappa shape index (κ1) is 24.4. The normalized spacial score (nSPS) is 25.5. The number of nitrogens with one attached hydrogen (secondary N) is 1. The van der Waals surface area contributed by atoms with Gasteiger partial charge >= 0.3 is 5.97 Å². The summed E-state index contributed by atoms with van der Waals surface area (Å²) < 4.78 is 0. The first-order valence-electron chi connectivity index (χ1n) is 11.7. The fraction of sp³-hybridized carbons (Fsp3) is 0.444. The van der Waals surface area contributed by atoms with Crippen molar-refractivity contribution < 1.29 is 15.0 Å². The molecule has 1 aromatic heterocycles. The number of carboxylic acid groups (broad SMARTS) is 1. The van der Waals surface area contributed by atoms with E-state index in [0.717, 1.165) is 28.4 Å². The number of aromatic nitrogens is 1. The van der Waals surface area contributed by atoms with Crippen molar-refractivity contribution in [3.8, 4) is 10.4 Å². The van der Waals surface area contributed by atoms with Crippen LogP contribution in [0.3, 0.4) is 0 Å². The third kappa shape index (κ3) is 5.31. The number of aliphatic hydroxyl groups is 1. The van der Waals surface area contributed by atoms with E-state index < -0.39 is 22.9 Å². The minimum Gasteiger partial charge on any atom is -0.481 e. The van der Waals surface area contributed by atoms with Crippen molar-refractivity contribution in [2.75, 3.05) is 6.54 Å². The lowest BCUT2D eigenvalue weighted by molar-refractivity contribution is -0.154. The van der Waals surface area contributed by atoms with Crippen molar-refractivity contribution in [1.82, 2.24) is 10.3 Å². The van der Waals surface area contributed by atoms with Gasteiger partial charge in [0.25, 0.3) is 0 Å². The van der Waals surface area contributed by atoms with E-state index in [0.29, 0.717) is 30.8 Å². The molecule has 0 saturated heterocycles. The van der Waals surface area contributed by atoms with E-state index in [1.165, 1.54) is 22.5 Å². The molecule has 3 N–H and O–H groups in total. The fourth-order valence-corrected chi connectivity index (χ4v) is 6.15. The number of carbonyl (C=O) groups is 1. The van der Waals surface area contributed by atoms with Crippen LogP contribution in [0.25, 0.3) is 10.4 Å². The highest BCUT2D eigenvalue weighted by atomic mass is 32.1. The third-order valence-corrected chi connectivity index (χ3v) is 8.02. The molecule has 180 valence electrons. The zero-order valence-electron chi connectivity index (χ0n) is 20.3. The molecule has 2 atom stereocenters. The first-order chi connectivity index (χ1) is 16.1. The van der Waals surface area contributed by atoms with Crippen LogP contribution in [0.1, 0.15) is 56.2 Å². The average Bonchev–Trinajstić information content (AvgIpc) is 3.16. The minimum absolute atomic E-state index is 0.389. The Kier molecular flexibility index (Phi) is 6.78. The van der Waals surface area contributed by atoms with Crippen LogP contribution in [-0.2, 0) is 16.8 Å². The van der Waals surface area contributed by atoms with Gasteiger partial charge in [-0.3, -0.25) is 9.79 Å². The molecule has 1 aliphatic carbocycles. The lowest BCUT2D eigenvalue weighted by atomic mass is 9.63. The molecule has 34 heavy (non-hydrogen) atoms. The van der Waals surface area contributed by atoms with Crippen molar-refractivity contribution in [2.45, 2.75) is 59.0 Å². The van der Waals surface area contributed by atoms with Crippen LogP contribution in [0.4, 0.5) is 0 Å². The second kappa shape index (κ2) is 9.47. The predicted molar refractivity (Wildman–Crippen MR) is 137 cm³/mol. The molecule has 1 aromatic carbocycles. The summed E-state index contributed by atoms with van der Waals surface area (Å²) in [5.74, 6) is -0.323. The Balaban J connectivity index is 1.55. The van der Waals surface area contributed by atoms with Crippen molar-refractivity contribution >= 4 is 23.1 Å². The van der Waals surface area contributed by atoms with Crippen LogP contribution < -0.4 is 5.32 Å². The maximum Gasteiger partial charge on any atom is 0.307 e. The maximum absolute atomic E-state index is 11.6. The van der Waals surface area contributed by atoms with Gasteiger partial charge in [-0.2, -0.15) is 0 Å².